The third kappa shape index (κ3) is 3.83. The number of carbonyl (C=O) groups is 3. The van der Waals surface area contributed by atoms with Crippen LogP contribution in [0.1, 0.15) is 24.5 Å². The SMILES string of the molecule is CN(CCO)CNC(=O)C1=C(O)[C@]2(O)C(=O)C3=C(O)c4c(O)cccc4[C@@](C)(O)[C@H]3C[C@H]2[C@H](N(C)C)C1=O. The Labute approximate surface area is 219 Å². The minimum absolute atomic E-state index is 0.0984. The zero-order chi connectivity index (χ0) is 28.3. The Morgan fingerprint density at radius 3 is 2.39 bits per heavy atom. The zero-order valence-electron chi connectivity index (χ0n) is 21.6. The molecule has 1 aromatic rings. The van der Waals surface area contributed by atoms with Gasteiger partial charge in [0.25, 0.3) is 5.91 Å². The molecule has 0 bridgehead atoms. The zero-order valence-corrected chi connectivity index (χ0v) is 21.6. The van der Waals surface area contributed by atoms with E-state index in [2.05, 4.69) is 5.32 Å². The van der Waals surface area contributed by atoms with E-state index in [-0.39, 0.29) is 37.4 Å². The Hall–Kier alpha value is -3.29. The maximum atomic E-state index is 14.0. The van der Waals surface area contributed by atoms with E-state index in [0.717, 1.165) is 0 Å². The van der Waals surface area contributed by atoms with Gasteiger partial charge in [0.2, 0.25) is 5.78 Å². The van der Waals surface area contributed by atoms with Crippen molar-refractivity contribution in [3.8, 4) is 5.75 Å². The molecule has 0 heterocycles. The molecule has 38 heavy (non-hydrogen) atoms. The van der Waals surface area contributed by atoms with E-state index in [4.69, 9.17) is 5.11 Å². The summed E-state index contributed by atoms with van der Waals surface area (Å²) >= 11 is 0. The summed E-state index contributed by atoms with van der Waals surface area (Å²) in [6.07, 6.45) is -0.212. The lowest BCUT2D eigenvalue weighted by atomic mass is 9.54. The maximum Gasteiger partial charge on any atom is 0.259 e. The molecule has 0 saturated heterocycles. The largest absolute Gasteiger partial charge is 0.508 e. The molecule has 0 aromatic heterocycles. The summed E-state index contributed by atoms with van der Waals surface area (Å²) in [6.45, 7) is 1.35. The van der Waals surface area contributed by atoms with Crippen LogP contribution in [0.15, 0.2) is 35.1 Å². The highest BCUT2D eigenvalue weighted by Crippen LogP contribution is 2.57. The predicted octanol–water partition coefficient (Wildman–Crippen LogP) is -0.858. The van der Waals surface area contributed by atoms with Gasteiger partial charge in [-0.1, -0.05) is 12.1 Å². The number of likely N-dealkylation sites (N-methyl/N-ethyl adjacent to an activating group) is 2. The molecule has 7 N–H and O–H groups in total. The van der Waals surface area contributed by atoms with Crippen LogP contribution in [0.3, 0.4) is 0 Å². The van der Waals surface area contributed by atoms with Gasteiger partial charge in [-0.05, 0) is 46.1 Å². The van der Waals surface area contributed by atoms with Crippen molar-refractivity contribution >= 4 is 23.2 Å². The standard InChI is InChI=1S/C26H33N3O9/c1-25(37)12-6-5-7-15(31)16(12)20(32)17-13(25)10-14-19(28(2)3)21(33)18(23(35)26(14,38)22(17)34)24(36)27-11-29(4)8-9-30/h5-7,13-14,19,30-32,35,37-38H,8-11H2,1-4H3,(H,27,36)/t13-,14-,19-,25+,26+/m0/s1. The van der Waals surface area contributed by atoms with E-state index < -0.39 is 75.0 Å². The molecule has 206 valence electrons. The van der Waals surface area contributed by atoms with Crippen molar-refractivity contribution in [2.24, 2.45) is 11.8 Å². The molecule has 0 spiro atoms. The Bertz CT molecular complexity index is 1270. The number of amides is 1. The first-order valence-corrected chi connectivity index (χ1v) is 12.2. The number of benzene rings is 1. The van der Waals surface area contributed by atoms with Gasteiger partial charge in [0.1, 0.15) is 22.8 Å². The number of aliphatic hydroxyl groups excluding tert-OH is 3. The van der Waals surface area contributed by atoms with Crippen molar-refractivity contribution in [1.29, 1.82) is 0 Å². The number of fused-ring (bicyclic) bond motifs is 3. The predicted molar refractivity (Wildman–Crippen MR) is 134 cm³/mol. The number of aromatic hydroxyl groups is 1. The van der Waals surface area contributed by atoms with Crippen LogP contribution in [-0.2, 0) is 20.0 Å². The van der Waals surface area contributed by atoms with Gasteiger partial charge in [-0.25, -0.2) is 0 Å². The first-order valence-electron chi connectivity index (χ1n) is 12.2. The van der Waals surface area contributed by atoms with Gasteiger partial charge in [0.15, 0.2) is 11.4 Å². The molecule has 0 aliphatic heterocycles. The Morgan fingerprint density at radius 1 is 1.13 bits per heavy atom. The number of carbonyl (C=O) groups excluding carboxylic acids is 3. The highest BCUT2D eigenvalue weighted by Gasteiger charge is 2.66. The summed E-state index contributed by atoms with van der Waals surface area (Å²) in [7, 11) is 4.65. The number of nitrogens with zero attached hydrogens (tertiary/aromatic N) is 2. The fraction of sp³-hybridized carbons (Fsp3) is 0.500. The van der Waals surface area contributed by atoms with E-state index in [1.165, 1.54) is 49.0 Å². The molecule has 1 aromatic carbocycles. The number of rotatable bonds is 6. The smallest absolute Gasteiger partial charge is 0.259 e. The number of phenolic OH excluding ortho intramolecular Hbond substituents is 1. The lowest BCUT2D eigenvalue weighted by Gasteiger charge is -2.53. The quantitative estimate of drug-likeness (QED) is 0.179. The van der Waals surface area contributed by atoms with Gasteiger partial charge >= 0.3 is 0 Å². The van der Waals surface area contributed by atoms with Crippen LogP contribution < -0.4 is 5.32 Å². The first-order chi connectivity index (χ1) is 17.7. The van der Waals surface area contributed by atoms with Gasteiger partial charge in [-0.3, -0.25) is 24.2 Å². The Morgan fingerprint density at radius 2 is 1.79 bits per heavy atom. The maximum absolute atomic E-state index is 14.0. The number of ketones is 2. The third-order valence-corrected chi connectivity index (χ3v) is 7.99. The Kier molecular flexibility index (Phi) is 6.91. The minimum atomic E-state index is -2.77. The fourth-order valence-corrected chi connectivity index (χ4v) is 6.03. The average Bonchev–Trinajstić information content (AvgIpc) is 2.83. The van der Waals surface area contributed by atoms with Gasteiger partial charge in [0.05, 0.1) is 30.5 Å². The number of hydrogen-bond donors (Lipinski definition) is 7. The highest BCUT2D eigenvalue weighted by molar-refractivity contribution is 6.25. The van der Waals surface area contributed by atoms with E-state index in [0.29, 0.717) is 0 Å². The van der Waals surface area contributed by atoms with E-state index in [1.54, 1.807) is 7.05 Å². The molecule has 12 nitrogen and oxygen atoms in total. The molecule has 3 aliphatic rings. The van der Waals surface area contributed by atoms with Crippen molar-refractivity contribution in [2.75, 3.05) is 41.0 Å². The second-order valence-electron chi connectivity index (χ2n) is 10.6. The normalized spacial score (nSPS) is 30.9. The van der Waals surface area contributed by atoms with Crippen LogP contribution in [0.5, 0.6) is 5.75 Å². The van der Waals surface area contributed by atoms with Crippen LogP contribution in [0.4, 0.5) is 0 Å². The monoisotopic (exact) mass is 531 g/mol. The number of Topliss-reactive ketones (excluding diaryl/α,β-unsaturated/α-hetero) is 2. The molecule has 0 radical (unpaired) electrons. The highest BCUT2D eigenvalue weighted by atomic mass is 16.3. The first kappa shape index (κ1) is 27.7. The summed E-state index contributed by atoms with van der Waals surface area (Å²) in [5.41, 5.74) is -5.78. The summed E-state index contributed by atoms with van der Waals surface area (Å²) in [5, 5.41) is 67.7. The summed E-state index contributed by atoms with van der Waals surface area (Å²) < 4.78 is 0. The molecule has 1 saturated carbocycles. The van der Waals surface area contributed by atoms with Gasteiger partial charge in [-0.15, -0.1) is 0 Å². The lowest BCUT2D eigenvalue weighted by molar-refractivity contribution is -0.159. The van der Waals surface area contributed by atoms with Crippen LogP contribution in [-0.4, -0.2) is 111 Å². The van der Waals surface area contributed by atoms with Gasteiger partial charge in [0, 0.05) is 24.0 Å². The van der Waals surface area contributed by atoms with Crippen LogP contribution >= 0.6 is 0 Å². The summed E-state index contributed by atoms with van der Waals surface area (Å²) in [4.78, 5) is 43.6. The molecular weight excluding hydrogens is 498 g/mol. The van der Waals surface area contributed by atoms with E-state index in [1.807, 2.05) is 0 Å². The molecule has 5 atom stereocenters. The fourth-order valence-electron chi connectivity index (χ4n) is 6.03. The summed E-state index contributed by atoms with van der Waals surface area (Å²) in [5.74, 6) is -7.59. The molecule has 0 unspecified atom stereocenters. The molecule has 4 rings (SSSR count). The molecule has 1 fully saturated rings. The molecule has 1 amide bonds. The van der Waals surface area contributed by atoms with Crippen molar-refractivity contribution < 1.29 is 45.0 Å². The second kappa shape index (κ2) is 9.47. The number of aliphatic hydroxyl groups is 5. The third-order valence-electron chi connectivity index (χ3n) is 7.99. The van der Waals surface area contributed by atoms with Crippen LogP contribution in [0.25, 0.3) is 5.76 Å². The second-order valence-corrected chi connectivity index (χ2v) is 10.6. The van der Waals surface area contributed by atoms with Gasteiger partial charge in [-0.2, -0.15) is 0 Å². The van der Waals surface area contributed by atoms with E-state index in [9.17, 15) is 39.9 Å². The average molecular weight is 532 g/mol. The number of hydrogen-bond acceptors (Lipinski definition) is 11. The van der Waals surface area contributed by atoms with Crippen molar-refractivity contribution in [1.82, 2.24) is 15.1 Å². The summed E-state index contributed by atoms with van der Waals surface area (Å²) in [6, 6.07) is 3.01. The van der Waals surface area contributed by atoms with Crippen LogP contribution in [0.2, 0.25) is 0 Å². The van der Waals surface area contributed by atoms with Crippen molar-refractivity contribution in [2.45, 2.75) is 30.6 Å². The van der Waals surface area contributed by atoms with Crippen molar-refractivity contribution in [3.05, 3.63) is 46.2 Å². The van der Waals surface area contributed by atoms with E-state index >= 15 is 0 Å². The lowest BCUT2D eigenvalue weighted by Crippen LogP contribution is -2.67. The molecule has 3 aliphatic carbocycles. The number of nitrogens with one attached hydrogen (secondary N) is 1. The molecular formula is C26H33N3O9. The number of phenols is 1. The topological polar surface area (TPSA) is 191 Å². The van der Waals surface area contributed by atoms with Crippen molar-refractivity contribution in [3.63, 3.8) is 0 Å². The molecule has 12 heteroatoms. The minimum Gasteiger partial charge on any atom is -0.508 e. The van der Waals surface area contributed by atoms with Gasteiger partial charge < -0.3 is 36.0 Å². The Balaban J connectivity index is 1.90. The van der Waals surface area contributed by atoms with Crippen LogP contribution in [0, 0.1) is 11.8 Å².